The quantitative estimate of drug-likeness (QED) is 0.0566. The number of rotatable bonds is 17. The molecule has 650 valence electrons. The Hall–Kier alpha value is -10.8. The fourth-order valence-electron chi connectivity index (χ4n) is 15.0. The van der Waals surface area contributed by atoms with Gasteiger partial charge in [0.25, 0.3) is 0 Å². The van der Waals surface area contributed by atoms with Gasteiger partial charge in [0, 0.05) is 40.8 Å². The first-order chi connectivity index (χ1) is 58.2. The first-order valence-corrected chi connectivity index (χ1v) is 39.9. The fraction of sp³-hybridized carbons (Fsp3) is 0.383. The third kappa shape index (κ3) is 18.4. The van der Waals surface area contributed by atoms with E-state index in [4.69, 9.17) is 79.6 Å². The second-order valence-electron chi connectivity index (χ2n) is 29.7. The van der Waals surface area contributed by atoms with Crippen LogP contribution in [0, 0.1) is 0 Å². The third-order valence-corrected chi connectivity index (χ3v) is 22.8. The van der Waals surface area contributed by atoms with E-state index in [1.807, 2.05) is 0 Å². The second kappa shape index (κ2) is 37.5. The summed E-state index contributed by atoms with van der Waals surface area (Å²) in [6.07, 6.45) is -17.1. The predicted molar refractivity (Wildman–Crippen MR) is 425 cm³/mol. The number of carboxylic acid groups (broad SMARTS) is 1. The number of ether oxygens (including phenoxy) is 7. The molecule has 7 aromatic carbocycles. The fourth-order valence-corrected chi connectivity index (χ4v) is 16.1. The Labute approximate surface area is 712 Å². The zero-order chi connectivity index (χ0) is 87.7. The predicted octanol–water partition coefficient (Wildman–Crippen LogP) is 4.25. The molecule has 19 atom stereocenters. The molecule has 15 rings (SSSR count). The van der Waals surface area contributed by atoms with Crippen molar-refractivity contribution >= 4 is 93.7 Å². The number of aromatic hydroxyl groups is 4. The summed E-state index contributed by atoms with van der Waals surface area (Å²) in [5, 5.41) is 179. The van der Waals surface area contributed by atoms with Crippen molar-refractivity contribution < 1.29 is 143 Å². The van der Waals surface area contributed by atoms with Crippen LogP contribution in [0.1, 0.15) is 140 Å². The van der Waals surface area contributed by atoms with E-state index in [9.17, 15) is 85.9 Å². The normalized spacial score (nSPS) is 27.1. The number of phenols is 4. The van der Waals surface area contributed by atoms with Gasteiger partial charge in [-0.15, -0.1) is 0 Å². The van der Waals surface area contributed by atoms with E-state index < -0.39 is 299 Å². The molecular weight excluding hydrogens is 1690 g/mol. The summed E-state index contributed by atoms with van der Waals surface area (Å²) in [5.41, 5.74) is -4.31. The second-order valence-corrected chi connectivity index (χ2v) is 31.3. The van der Waals surface area contributed by atoms with E-state index in [1.165, 1.54) is 25.2 Å². The van der Waals surface area contributed by atoms with E-state index in [2.05, 4.69) is 49.5 Å². The lowest BCUT2D eigenvalue weighted by Crippen LogP contribution is -2.65. The van der Waals surface area contributed by atoms with Gasteiger partial charge in [0.05, 0.1) is 33.3 Å². The number of unbranched alkanes of at least 4 members (excludes halogenated alkanes) is 6. The lowest BCUT2D eigenvalue weighted by Gasteiger charge is -2.42. The lowest BCUT2D eigenvalue weighted by molar-refractivity contribution is -0.277. The Kier molecular flexibility index (Phi) is 27.3. The average Bonchev–Trinajstić information content (AvgIpc) is 0.758. The largest absolute Gasteiger partial charge is 0.508 e. The van der Waals surface area contributed by atoms with Gasteiger partial charge >= 0.3 is 5.97 Å². The standard InChI is InChI=1S/C81H84Cl4N8O29/c1-3-4-5-6-7-8-9-10-53(100)87-63-68(105)66(103)51(28-94)120-80(63)122-72-49-22-33-23-50(72)118-71-41(83)19-34(20-42(71)84)65(102)62-78(113)91-60(79(114)115)38-24-35(96)25-48(119-81-70(107)69(106)67(104)52(29-95)121-81)54(38)37-17-30(11-14-43(37)97)57(74(109)93-62)88-75(110)58(33)89-76(111)59-39-26-36(27-45(99)55(39)85)116-47-21-31(12-15-44(47)98)56(86-2)73(108)92-61(77(112)90-59)64(101)32-13-16-46(117-49)40(82)18-32/h11-27,51-52,56-70,80-81,86,94-99,101-107H,3-10,28-29H2,1-2H3,(H,87,100)(H,88,110)(H,89,111)(H,90,112)(H,91,113)(H,92,108)(H,93,109)(H,114,115). The third-order valence-electron chi connectivity index (χ3n) is 21.5. The molecule has 2 fully saturated rings. The number of aliphatic carboxylic acids is 1. The molecule has 122 heavy (non-hydrogen) atoms. The molecule has 7 aromatic rings. The number of amides is 7. The minimum atomic E-state index is -2.54. The molecule has 0 saturated carbocycles. The van der Waals surface area contributed by atoms with Gasteiger partial charge in [0.15, 0.2) is 34.8 Å². The summed E-state index contributed by atoms with van der Waals surface area (Å²) < 4.78 is 44.2. The monoisotopic (exact) mass is 1770 g/mol. The van der Waals surface area contributed by atoms with Crippen LogP contribution in [0.15, 0.2) is 103 Å². The number of halogens is 4. The van der Waals surface area contributed by atoms with E-state index in [-0.39, 0.29) is 23.3 Å². The Morgan fingerprint density at radius 1 is 0.484 bits per heavy atom. The lowest BCUT2D eigenvalue weighted by atomic mass is 9.89. The number of hydrogen-bond donors (Lipinski definition) is 22. The van der Waals surface area contributed by atoms with E-state index in [0.29, 0.717) is 12.8 Å². The van der Waals surface area contributed by atoms with Crippen molar-refractivity contribution in [2.45, 2.75) is 174 Å². The van der Waals surface area contributed by atoms with Crippen LogP contribution < -0.4 is 66.2 Å². The maximum absolute atomic E-state index is 16.7. The zero-order valence-corrected chi connectivity index (χ0v) is 67.3. The molecule has 0 aliphatic carbocycles. The smallest absolute Gasteiger partial charge is 0.330 e. The Balaban J connectivity index is 1.07. The molecule has 0 spiro atoms. The summed E-state index contributed by atoms with van der Waals surface area (Å²) in [7, 11) is 1.35. The molecule has 8 aliphatic rings. The van der Waals surface area contributed by atoms with Crippen LogP contribution in [0.4, 0.5) is 0 Å². The molecule has 41 heteroatoms. The van der Waals surface area contributed by atoms with E-state index >= 15 is 24.0 Å². The van der Waals surface area contributed by atoms with Crippen LogP contribution in [-0.4, -0.2) is 213 Å². The van der Waals surface area contributed by atoms with Crippen molar-refractivity contribution in [3.8, 4) is 80.1 Å². The zero-order valence-electron chi connectivity index (χ0n) is 64.3. The average molecular weight is 1780 g/mol. The van der Waals surface area contributed by atoms with Gasteiger partial charge < -0.3 is 147 Å². The number of hydrogen-bond acceptors (Lipinski definition) is 29. The molecular formula is C81H84Cl4N8O29. The van der Waals surface area contributed by atoms with Crippen molar-refractivity contribution in [2.24, 2.45) is 0 Å². The molecule has 8 heterocycles. The molecule has 17 bridgehead atoms. The van der Waals surface area contributed by atoms with Crippen molar-refractivity contribution in [2.75, 3.05) is 20.3 Å². The van der Waals surface area contributed by atoms with Gasteiger partial charge in [0.1, 0.15) is 132 Å². The van der Waals surface area contributed by atoms with Gasteiger partial charge in [-0.05, 0) is 114 Å². The van der Waals surface area contributed by atoms with Crippen LogP contribution in [0.2, 0.25) is 20.1 Å². The highest BCUT2D eigenvalue weighted by atomic mass is 35.5. The van der Waals surface area contributed by atoms with Crippen molar-refractivity contribution in [1.82, 2.24) is 42.5 Å². The summed E-state index contributed by atoms with van der Waals surface area (Å²) >= 11 is 28.6. The molecule has 37 nitrogen and oxygen atoms in total. The summed E-state index contributed by atoms with van der Waals surface area (Å²) in [4.78, 5) is 123. The Morgan fingerprint density at radius 3 is 1.71 bits per heavy atom. The van der Waals surface area contributed by atoms with Gasteiger partial charge in [0.2, 0.25) is 59.7 Å². The number of carboxylic acids is 1. The van der Waals surface area contributed by atoms with E-state index in [1.54, 1.807) is 0 Å². The first kappa shape index (κ1) is 89.0. The molecule has 19 unspecified atom stereocenters. The summed E-state index contributed by atoms with van der Waals surface area (Å²) in [6, 6.07) is -0.561. The SMILES string of the molecule is CCCCCCCCCC(=O)NC1C(Oc2c3cc4cc2Oc2c(Cl)cc(cc2Cl)C(O)C2NC(=O)C(NC(=O)C4NC(=O)C4NC(=O)C(NC(=O)C(NC)c5ccc(O)c(c5)Oc5cc(O)c(Cl)c4c5)C(O)c4ccc(c(Cl)c4)O3)c3ccc(O)c(c3)-c3c(OC4OC(CO)C(O)C(O)C4O)cc(O)cc3C(C(=O)O)NC2=O)OC(CO)C(O)C1O. The van der Waals surface area contributed by atoms with Crippen LogP contribution in [-0.2, 0) is 47.8 Å². The minimum Gasteiger partial charge on any atom is -0.508 e. The molecule has 0 radical (unpaired) electrons. The number of benzene rings is 7. The number of fused-ring (bicyclic) bond motifs is 14. The van der Waals surface area contributed by atoms with E-state index in [0.717, 1.165) is 117 Å². The highest BCUT2D eigenvalue weighted by Gasteiger charge is 2.50. The Morgan fingerprint density at radius 2 is 1.05 bits per heavy atom. The van der Waals surface area contributed by atoms with Crippen molar-refractivity contribution in [3.63, 3.8) is 0 Å². The molecule has 2 saturated heterocycles. The summed E-state index contributed by atoms with van der Waals surface area (Å²) in [5.74, 6) is -19.4. The molecule has 0 aromatic heterocycles. The number of phenolic OH excluding ortho intramolecular Hbond substituents is 4. The van der Waals surface area contributed by atoms with Crippen molar-refractivity contribution in [3.05, 3.63) is 162 Å². The first-order valence-electron chi connectivity index (χ1n) is 38.4. The summed E-state index contributed by atoms with van der Waals surface area (Å²) in [6.45, 7) is 0.0467. The number of likely N-dealkylation sites (N-methyl/N-ethyl adjacent to an activating group) is 1. The van der Waals surface area contributed by atoms with Gasteiger partial charge in [-0.25, -0.2) is 4.79 Å². The molecule has 22 N–H and O–H groups in total. The maximum atomic E-state index is 16.7. The van der Waals surface area contributed by atoms with Crippen molar-refractivity contribution in [1.29, 1.82) is 0 Å². The highest BCUT2D eigenvalue weighted by Crippen LogP contribution is 2.52. The molecule has 7 amide bonds. The van der Waals surface area contributed by atoms with Crippen LogP contribution in [0.3, 0.4) is 0 Å². The highest BCUT2D eigenvalue weighted by molar-refractivity contribution is 6.37. The topological polar surface area (TPSA) is 581 Å². The maximum Gasteiger partial charge on any atom is 0.330 e. The Bertz CT molecular complexity index is 5200. The van der Waals surface area contributed by atoms with Crippen LogP contribution >= 0.6 is 46.4 Å². The minimum absolute atomic E-state index is 0.0860. The number of aliphatic hydroxyl groups excluding tert-OH is 9. The van der Waals surface area contributed by atoms with Crippen LogP contribution in [0.25, 0.3) is 11.1 Å². The number of nitrogens with one attached hydrogen (secondary N) is 8. The number of carbonyl (C=O) groups excluding carboxylic acids is 7. The van der Waals surface area contributed by atoms with Gasteiger partial charge in [-0.1, -0.05) is 110 Å². The number of carbonyl (C=O) groups is 8. The van der Waals surface area contributed by atoms with Gasteiger partial charge in [-0.2, -0.15) is 0 Å². The van der Waals surface area contributed by atoms with Crippen LogP contribution in [0.5, 0.6) is 69.0 Å². The number of aliphatic hydroxyl groups is 9. The van der Waals surface area contributed by atoms with Gasteiger partial charge in [-0.3, -0.25) is 33.6 Å². The molecule has 8 aliphatic heterocycles.